The third kappa shape index (κ3) is 26.0. The Labute approximate surface area is 556 Å². The molecule has 6 rings (SSSR count). The lowest BCUT2D eigenvalue weighted by Gasteiger charge is -2.25. The molecule has 538 valence electrons. The molecule has 6 aromatic rings. The molecule has 2 unspecified atom stereocenters. The van der Waals surface area contributed by atoms with Gasteiger partial charge in [-0.2, -0.15) is 0 Å². The third-order valence-electron chi connectivity index (χ3n) is 12.1. The molecule has 39 nitrogen and oxygen atoms in total. The van der Waals surface area contributed by atoms with Gasteiger partial charge >= 0.3 is 53.6 Å². The second kappa shape index (κ2) is 37.0. The molecular formula is C55H82N13O26P3. The summed E-state index contributed by atoms with van der Waals surface area (Å²) in [5.74, 6) is 0.573. The molecule has 0 radical (unpaired) electrons. The highest BCUT2D eigenvalue weighted by molar-refractivity contribution is 7.54. The van der Waals surface area contributed by atoms with Gasteiger partial charge in [-0.05, 0) is 102 Å². The molecule has 0 spiro atoms. The van der Waals surface area contributed by atoms with Crippen LogP contribution in [0.2, 0.25) is 0 Å². The smallest absolute Gasteiger partial charge is 0.432 e. The molecule has 0 saturated carbocycles. The fourth-order valence-corrected chi connectivity index (χ4v) is 11.0. The number of fused-ring (bicyclic) bond motifs is 3. The highest BCUT2D eigenvalue weighted by Crippen LogP contribution is 2.50. The van der Waals surface area contributed by atoms with E-state index < -0.39 is 149 Å². The number of nitrogens with zero attached hydrogens (tertiary/aromatic N) is 11. The second-order valence-electron chi connectivity index (χ2n) is 22.3. The van der Waals surface area contributed by atoms with Gasteiger partial charge in [0.05, 0.1) is 112 Å². The number of para-hydroxylation sites is 1. The van der Waals surface area contributed by atoms with Crippen molar-refractivity contribution in [2.75, 3.05) is 75.1 Å². The highest BCUT2D eigenvalue weighted by Gasteiger charge is 2.34. The third-order valence-corrected chi connectivity index (χ3v) is 16.0. The van der Waals surface area contributed by atoms with Gasteiger partial charge in [-0.15, -0.1) is 0 Å². The fraction of sp³-hybridized carbons (Fsp3) is 0.600. The molecule has 0 aliphatic carbocycles. The summed E-state index contributed by atoms with van der Waals surface area (Å²) >= 11 is 0. The minimum absolute atomic E-state index is 0.00617. The lowest BCUT2D eigenvalue weighted by atomic mass is 10.2. The Balaban J connectivity index is 1.21. The number of carbonyl (C=O) groups excluding carboxylic acids is 5. The van der Waals surface area contributed by atoms with Crippen molar-refractivity contribution in [3.05, 3.63) is 49.8 Å². The van der Waals surface area contributed by atoms with Crippen molar-refractivity contribution >= 4 is 104 Å². The largest absolute Gasteiger partial charge is 0.515 e. The minimum Gasteiger partial charge on any atom is -0.432 e. The maximum Gasteiger partial charge on any atom is 0.515 e. The van der Waals surface area contributed by atoms with Gasteiger partial charge in [-0.25, -0.2) is 63.4 Å². The van der Waals surface area contributed by atoms with Gasteiger partial charge in [0.25, 0.3) is 0 Å². The van der Waals surface area contributed by atoms with Crippen LogP contribution >= 0.6 is 22.8 Å². The summed E-state index contributed by atoms with van der Waals surface area (Å²) in [6, 6.07) is 5.42. The number of hydrogen-bond donors (Lipinski definition) is 3. The summed E-state index contributed by atoms with van der Waals surface area (Å²) in [4.78, 5) is 105. The van der Waals surface area contributed by atoms with Crippen LogP contribution in [0.3, 0.4) is 0 Å². The number of rotatable bonds is 40. The number of nitrogens with one attached hydrogen (secondary N) is 2. The normalized spacial score (nSPS) is 14.1. The molecule has 3 N–H and O–H groups in total. The van der Waals surface area contributed by atoms with Crippen LogP contribution in [0.5, 0.6) is 0 Å². The summed E-state index contributed by atoms with van der Waals surface area (Å²) < 4.78 is 133. The van der Waals surface area contributed by atoms with Crippen molar-refractivity contribution in [3.63, 3.8) is 0 Å². The van der Waals surface area contributed by atoms with Gasteiger partial charge in [0, 0.05) is 0 Å². The van der Waals surface area contributed by atoms with Gasteiger partial charge in [0.2, 0.25) is 27.2 Å². The minimum atomic E-state index is -4.50. The van der Waals surface area contributed by atoms with Crippen LogP contribution in [-0.4, -0.2) is 193 Å². The van der Waals surface area contributed by atoms with Gasteiger partial charge in [-0.3, -0.25) is 27.2 Å². The van der Waals surface area contributed by atoms with E-state index in [-0.39, 0.29) is 38.8 Å². The standard InChI is InChI=1S/C55H82N13O26P3/c1-34(2)89-51(69)78-27-85-95(74,75)31-82-39(11)17-65-23-61-44-42(15-14-16-43(44)65)60-22-68(50-46-49(58-21-59-50)67(25-63-46)19-41(13)84-33-97(77,94-55(73)93-38(9)10)88-30-81-54(72)92-37(7)8)26-64-47-45-48(57-20-56-47)66(24-62-45)18-40(12)83-32-96(76,86-28-79-52(70)90-35(3)4)87-29-80-53(71)91-36(5)6/h14-16,20-21,23-25,34-41,60H,17-19,22,26-33H2,1-13H3,(H,74,75)(H,56,57,64)/t39-,40-,41-,97?/m1/s1. The van der Waals surface area contributed by atoms with E-state index in [9.17, 15) is 42.6 Å². The Bertz CT molecular complexity index is 3670. The highest BCUT2D eigenvalue weighted by atomic mass is 31.2. The summed E-state index contributed by atoms with van der Waals surface area (Å²) in [5, 5.41) is 6.78. The average molecular weight is 1430 g/mol. The van der Waals surface area contributed by atoms with Crippen LogP contribution in [0.15, 0.2) is 49.8 Å². The van der Waals surface area contributed by atoms with E-state index in [1.54, 1.807) is 127 Å². The Morgan fingerprint density at radius 2 is 0.887 bits per heavy atom. The molecule has 5 heterocycles. The maximum atomic E-state index is 13.8. The van der Waals surface area contributed by atoms with Crippen molar-refractivity contribution in [2.24, 2.45) is 0 Å². The molecular weight excluding hydrogens is 1350 g/mol. The first-order valence-corrected chi connectivity index (χ1v) is 35.3. The molecule has 0 saturated heterocycles. The van der Waals surface area contributed by atoms with Gasteiger partial charge in [-0.1, -0.05) is 6.07 Å². The summed E-state index contributed by atoms with van der Waals surface area (Å²) in [7, 11) is -13.2. The first-order valence-electron chi connectivity index (χ1n) is 30.0. The average Bonchev–Trinajstić information content (AvgIpc) is 1.68. The van der Waals surface area contributed by atoms with Crippen LogP contribution in [0.4, 0.5) is 41.3 Å². The molecule has 97 heavy (non-hydrogen) atoms. The van der Waals surface area contributed by atoms with E-state index in [2.05, 4.69) is 40.5 Å². The van der Waals surface area contributed by atoms with Crippen molar-refractivity contribution in [3.8, 4) is 0 Å². The predicted molar refractivity (Wildman–Crippen MR) is 338 cm³/mol. The van der Waals surface area contributed by atoms with E-state index in [0.29, 0.717) is 44.9 Å². The molecule has 0 aliphatic heterocycles. The van der Waals surface area contributed by atoms with Gasteiger partial charge in [0.15, 0.2) is 34.8 Å². The first-order chi connectivity index (χ1) is 45.9. The van der Waals surface area contributed by atoms with Crippen molar-refractivity contribution < 1.29 is 122 Å². The number of imidazole rings is 3. The van der Waals surface area contributed by atoms with Crippen molar-refractivity contribution in [1.29, 1.82) is 0 Å². The lowest BCUT2D eigenvalue weighted by Crippen LogP contribution is -2.35. The SMILES string of the molecule is CC(C)OC(=O)OCOP(=O)(O)CO[C@H](C)Cn1cnc2c(NCN(CNc3ncnc4c3ncn4C[C@@H](C)OCP(=O)(OCOC(=O)OC(C)C)OCOC(=O)OC(C)C)c3ncnc4c3ncn4C[C@@H](C)OCP(=O)(OCOC(=O)OC(C)C)OC(=O)OC(C)C)cccc21. The second-order valence-corrected chi connectivity index (χ2v) is 28.0. The first kappa shape index (κ1) is 77.9. The van der Waals surface area contributed by atoms with Crippen LogP contribution in [0.1, 0.15) is 90.0 Å². The van der Waals surface area contributed by atoms with E-state index in [1.165, 1.54) is 25.3 Å². The Hall–Kier alpha value is -8.09. The fourth-order valence-electron chi connectivity index (χ4n) is 8.05. The summed E-state index contributed by atoms with van der Waals surface area (Å²) in [6.07, 6.45) is -5.57. The molecule has 0 aliphatic rings. The van der Waals surface area contributed by atoms with Crippen molar-refractivity contribution in [1.82, 2.24) is 48.6 Å². The van der Waals surface area contributed by atoms with Gasteiger partial charge < -0.3 is 95.5 Å². The van der Waals surface area contributed by atoms with E-state index in [1.807, 2.05) is 6.07 Å². The van der Waals surface area contributed by atoms with Crippen LogP contribution in [-0.2, 0) is 113 Å². The molecule has 1 aromatic carbocycles. The van der Waals surface area contributed by atoms with Crippen molar-refractivity contribution in [2.45, 2.75) is 158 Å². The summed E-state index contributed by atoms with van der Waals surface area (Å²) in [5.41, 5.74) is 3.07. The molecule has 0 fully saturated rings. The molecule has 42 heteroatoms. The zero-order valence-corrected chi connectivity index (χ0v) is 58.3. The van der Waals surface area contributed by atoms with E-state index in [0.717, 1.165) is 0 Å². The van der Waals surface area contributed by atoms with E-state index >= 15 is 0 Å². The molecule has 0 bridgehead atoms. The topological polar surface area (TPSA) is 446 Å². The monoisotopic (exact) mass is 1430 g/mol. The Morgan fingerprint density at radius 1 is 0.474 bits per heavy atom. The maximum absolute atomic E-state index is 13.8. The van der Waals surface area contributed by atoms with E-state index in [4.69, 9.17) is 84.4 Å². The number of hydrogen-bond acceptors (Lipinski definition) is 35. The summed E-state index contributed by atoms with van der Waals surface area (Å²) in [6.45, 7) is 17.6. The zero-order valence-electron chi connectivity index (χ0n) is 55.6. The molecule has 0 amide bonds. The van der Waals surface area contributed by atoms with Crippen LogP contribution in [0, 0.1) is 0 Å². The zero-order chi connectivity index (χ0) is 71.0. The number of benzene rings is 1. The number of carbonyl (C=O) groups is 5. The molecule has 5 aromatic heterocycles. The number of ether oxygens (including phenoxy) is 12. The van der Waals surface area contributed by atoms with Gasteiger partial charge in [0.1, 0.15) is 36.4 Å². The lowest BCUT2D eigenvalue weighted by molar-refractivity contribution is -0.0372. The Morgan fingerprint density at radius 3 is 1.41 bits per heavy atom. The number of anilines is 3. The van der Waals surface area contributed by atoms with Crippen LogP contribution < -0.4 is 15.5 Å². The predicted octanol–water partition coefficient (Wildman–Crippen LogP) is 9.63. The van der Waals surface area contributed by atoms with Crippen LogP contribution in [0.25, 0.3) is 33.4 Å². The Kier molecular flexibility index (Phi) is 29.7. The quantitative estimate of drug-likeness (QED) is 0.0139. The number of aromatic nitrogens is 10. The molecule has 5 atom stereocenters.